The zero-order chi connectivity index (χ0) is 12.7. The highest BCUT2D eigenvalue weighted by molar-refractivity contribution is 7.98. The van der Waals surface area contributed by atoms with Gasteiger partial charge in [0, 0.05) is 28.8 Å². The van der Waals surface area contributed by atoms with Crippen LogP contribution in [0, 0.1) is 0 Å². The smallest absolute Gasteiger partial charge is 0.164 e. The molecule has 0 amide bonds. The Hall–Kier alpha value is -1.42. The van der Waals surface area contributed by atoms with Crippen molar-refractivity contribution >= 4 is 23.1 Å². The molecule has 0 atom stereocenters. The lowest BCUT2D eigenvalue weighted by Gasteiger charge is -2.12. The summed E-state index contributed by atoms with van der Waals surface area (Å²) in [6.07, 6.45) is 6.73. The lowest BCUT2D eigenvalue weighted by atomic mass is 9.97. The number of hydrogen-bond acceptors (Lipinski definition) is 3. The number of nitrogens with zero attached hydrogens (tertiary/aromatic N) is 1. The van der Waals surface area contributed by atoms with E-state index in [1.807, 2.05) is 18.4 Å². The van der Waals surface area contributed by atoms with E-state index in [2.05, 4.69) is 10.6 Å². The van der Waals surface area contributed by atoms with Gasteiger partial charge < -0.3 is 9.14 Å². The minimum absolute atomic E-state index is 0.257. The monoisotopic (exact) mass is 261 g/mol. The molecule has 2 heterocycles. The predicted octanol–water partition coefficient (Wildman–Crippen LogP) is 3.19. The summed E-state index contributed by atoms with van der Waals surface area (Å²) >= 11 is 1.68. The number of hydrogen-bond donors (Lipinski definition) is 0. The van der Waals surface area contributed by atoms with Crippen LogP contribution in [0.1, 0.15) is 28.9 Å². The topological polar surface area (TPSA) is 30.7 Å². The molecule has 94 valence electrons. The van der Waals surface area contributed by atoms with Crippen molar-refractivity contribution in [1.29, 1.82) is 0 Å². The minimum Gasteiger partial charge on any atom is -0.495 e. The molecule has 0 aromatic carbocycles. The highest BCUT2D eigenvalue weighted by Crippen LogP contribution is 2.33. The van der Waals surface area contributed by atoms with E-state index in [1.54, 1.807) is 18.9 Å². The first-order chi connectivity index (χ1) is 8.74. The van der Waals surface area contributed by atoms with Crippen molar-refractivity contribution in [1.82, 2.24) is 4.40 Å². The van der Waals surface area contributed by atoms with Gasteiger partial charge in [0.05, 0.1) is 12.6 Å². The molecule has 0 saturated carbocycles. The fraction of sp³-hybridized carbons (Fsp3) is 0.357. The summed E-state index contributed by atoms with van der Waals surface area (Å²) < 4.78 is 7.56. The molecular weight excluding hydrogens is 246 g/mol. The molecule has 0 fully saturated rings. The number of rotatable bonds is 2. The molecule has 2 aromatic heterocycles. The van der Waals surface area contributed by atoms with Gasteiger partial charge in [-0.3, -0.25) is 4.79 Å². The van der Waals surface area contributed by atoms with Crippen LogP contribution in [0.3, 0.4) is 0 Å². The van der Waals surface area contributed by atoms with Crippen LogP contribution in [0.4, 0.5) is 0 Å². The van der Waals surface area contributed by atoms with E-state index >= 15 is 0 Å². The van der Waals surface area contributed by atoms with Crippen molar-refractivity contribution in [2.75, 3.05) is 13.4 Å². The number of thioether (sulfide) groups is 1. The fourth-order valence-electron chi connectivity index (χ4n) is 2.59. The molecule has 0 N–H and O–H groups in total. The molecule has 0 aliphatic heterocycles. The molecule has 3 rings (SSSR count). The minimum atomic E-state index is 0.257. The van der Waals surface area contributed by atoms with E-state index < -0.39 is 0 Å². The first kappa shape index (κ1) is 11.7. The van der Waals surface area contributed by atoms with E-state index in [4.69, 9.17) is 4.74 Å². The molecular formula is C14H15NO2S. The standard InChI is InChI=1S/C14H15NO2S/c1-17-14-6-9(18-2)8-15-11-4-3-5-13(16)10(11)7-12(14)15/h6-8H,3-5H2,1-2H3. The highest BCUT2D eigenvalue weighted by Gasteiger charge is 2.22. The maximum absolute atomic E-state index is 11.9. The summed E-state index contributed by atoms with van der Waals surface area (Å²) in [4.78, 5) is 13.1. The van der Waals surface area contributed by atoms with Crippen molar-refractivity contribution < 1.29 is 9.53 Å². The van der Waals surface area contributed by atoms with Gasteiger partial charge in [-0.2, -0.15) is 0 Å². The van der Waals surface area contributed by atoms with Crippen molar-refractivity contribution in [3.8, 4) is 5.75 Å². The number of aryl methyl sites for hydroxylation is 1. The molecule has 2 aromatic rings. The summed E-state index contributed by atoms with van der Waals surface area (Å²) in [7, 11) is 1.67. The third-order valence-electron chi connectivity index (χ3n) is 3.50. The Bertz CT molecular complexity index is 630. The fourth-order valence-corrected chi connectivity index (χ4v) is 3.03. The van der Waals surface area contributed by atoms with Gasteiger partial charge in [-0.15, -0.1) is 11.8 Å². The van der Waals surface area contributed by atoms with Gasteiger partial charge in [-0.05, 0) is 31.2 Å². The average Bonchev–Trinajstić information content (AvgIpc) is 2.78. The Morgan fingerprint density at radius 1 is 1.33 bits per heavy atom. The van der Waals surface area contributed by atoms with Crippen LogP contribution in [-0.4, -0.2) is 23.5 Å². The number of aromatic nitrogens is 1. The van der Waals surface area contributed by atoms with Crippen LogP contribution in [-0.2, 0) is 6.42 Å². The van der Waals surface area contributed by atoms with E-state index in [0.29, 0.717) is 6.42 Å². The van der Waals surface area contributed by atoms with Crippen molar-refractivity contribution in [3.63, 3.8) is 0 Å². The van der Waals surface area contributed by atoms with Gasteiger partial charge >= 0.3 is 0 Å². The summed E-state index contributed by atoms with van der Waals surface area (Å²) in [6.45, 7) is 0. The van der Waals surface area contributed by atoms with Crippen molar-refractivity contribution in [2.24, 2.45) is 0 Å². The molecule has 3 nitrogen and oxygen atoms in total. The third kappa shape index (κ3) is 1.63. The van der Waals surface area contributed by atoms with Crippen LogP contribution < -0.4 is 4.74 Å². The summed E-state index contributed by atoms with van der Waals surface area (Å²) in [6, 6.07) is 4.00. The SMILES string of the molecule is COc1cc(SC)cn2c3c(cc12)C(=O)CCC3. The Balaban J connectivity index is 2.33. The van der Waals surface area contributed by atoms with Gasteiger partial charge in [0.15, 0.2) is 5.78 Å². The van der Waals surface area contributed by atoms with Crippen molar-refractivity contribution in [2.45, 2.75) is 24.2 Å². The second kappa shape index (κ2) is 4.35. The number of methoxy groups -OCH3 is 1. The van der Waals surface area contributed by atoms with Crippen LogP contribution >= 0.6 is 11.8 Å². The number of fused-ring (bicyclic) bond motifs is 3. The molecule has 0 saturated heterocycles. The Morgan fingerprint density at radius 2 is 2.17 bits per heavy atom. The molecule has 4 heteroatoms. The lowest BCUT2D eigenvalue weighted by Crippen LogP contribution is -2.10. The van der Waals surface area contributed by atoms with E-state index in [1.165, 1.54) is 0 Å². The molecule has 0 bridgehead atoms. The quantitative estimate of drug-likeness (QED) is 0.778. The normalized spacial score (nSPS) is 14.9. The number of Topliss-reactive ketones (excluding diaryl/α,β-unsaturated/α-hetero) is 1. The van der Waals surface area contributed by atoms with Gasteiger partial charge in [0.2, 0.25) is 0 Å². The Labute approximate surface area is 110 Å². The number of carbonyl (C=O) groups excluding carboxylic acids is 1. The number of pyridine rings is 1. The first-order valence-electron chi connectivity index (χ1n) is 6.03. The van der Waals surface area contributed by atoms with Gasteiger partial charge in [0.1, 0.15) is 5.75 Å². The van der Waals surface area contributed by atoms with Gasteiger partial charge in [0.25, 0.3) is 0 Å². The first-order valence-corrected chi connectivity index (χ1v) is 7.26. The Morgan fingerprint density at radius 3 is 2.89 bits per heavy atom. The maximum Gasteiger partial charge on any atom is 0.164 e. The molecule has 0 spiro atoms. The van der Waals surface area contributed by atoms with E-state index in [0.717, 1.165) is 40.3 Å². The second-order valence-corrected chi connectivity index (χ2v) is 5.36. The summed E-state index contributed by atoms with van der Waals surface area (Å²) in [5, 5.41) is 0. The molecule has 0 unspecified atom stereocenters. The van der Waals surface area contributed by atoms with Crippen LogP contribution in [0.5, 0.6) is 5.75 Å². The number of carbonyl (C=O) groups is 1. The number of ketones is 1. The van der Waals surface area contributed by atoms with Crippen molar-refractivity contribution in [3.05, 3.63) is 29.6 Å². The number of ether oxygens (including phenoxy) is 1. The van der Waals surface area contributed by atoms with Gasteiger partial charge in [-0.1, -0.05) is 0 Å². The van der Waals surface area contributed by atoms with E-state index in [-0.39, 0.29) is 5.78 Å². The largest absolute Gasteiger partial charge is 0.495 e. The average molecular weight is 261 g/mol. The predicted molar refractivity (Wildman–Crippen MR) is 73.0 cm³/mol. The zero-order valence-corrected chi connectivity index (χ0v) is 11.3. The maximum atomic E-state index is 11.9. The zero-order valence-electron chi connectivity index (χ0n) is 10.5. The van der Waals surface area contributed by atoms with Crippen LogP contribution in [0.15, 0.2) is 23.2 Å². The van der Waals surface area contributed by atoms with Gasteiger partial charge in [-0.25, -0.2) is 0 Å². The third-order valence-corrected chi connectivity index (χ3v) is 4.19. The van der Waals surface area contributed by atoms with E-state index in [9.17, 15) is 4.79 Å². The highest BCUT2D eigenvalue weighted by atomic mass is 32.2. The molecule has 1 aliphatic carbocycles. The Kier molecular flexibility index (Phi) is 2.82. The molecule has 0 radical (unpaired) electrons. The summed E-state index contributed by atoms with van der Waals surface area (Å²) in [5.41, 5.74) is 3.00. The molecule has 1 aliphatic rings. The lowest BCUT2D eigenvalue weighted by molar-refractivity contribution is 0.0972. The summed E-state index contributed by atoms with van der Waals surface area (Å²) in [5.74, 6) is 1.09. The second-order valence-electron chi connectivity index (χ2n) is 4.48. The van der Waals surface area contributed by atoms with Crippen LogP contribution in [0.25, 0.3) is 5.52 Å². The van der Waals surface area contributed by atoms with Crippen LogP contribution in [0.2, 0.25) is 0 Å². The molecule has 18 heavy (non-hydrogen) atoms.